The van der Waals surface area contributed by atoms with Crippen LogP contribution in [-0.2, 0) is 16.6 Å². The molecule has 0 aliphatic carbocycles. The first-order valence-electron chi connectivity index (χ1n) is 7.71. The van der Waals surface area contributed by atoms with Gasteiger partial charge in [0.2, 0.25) is 0 Å². The minimum Gasteiger partial charge on any atom is -0.497 e. The van der Waals surface area contributed by atoms with Gasteiger partial charge in [0.05, 0.1) is 24.2 Å². The fourth-order valence-electron chi connectivity index (χ4n) is 2.12. The molecular weight excluding hydrogens is 354 g/mol. The molecule has 3 aromatic rings. The average Bonchev–Trinajstić information content (AvgIpc) is 2.68. The maximum atomic E-state index is 12.4. The molecule has 0 radical (unpaired) electrons. The van der Waals surface area contributed by atoms with Crippen LogP contribution in [0.1, 0.15) is 5.69 Å². The van der Waals surface area contributed by atoms with Gasteiger partial charge in [-0.1, -0.05) is 6.07 Å². The summed E-state index contributed by atoms with van der Waals surface area (Å²) in [6, 6.07) is 14.9. The van der Waals surface area contributed by atoms with E-state index < -0.39 is 10.0 Å². The van der Waals surface area contributed by atoms with Crippen molar-refractivity contribution in [1.82, 2.24) is 15.2 Å². The second kappa shape index (κ2) is 7.79. The summed E-state index contributed by atoms with van der Waals surface area (Å²) in [5.41, 5.74) is 0.860. The topological polar surface area (TPSA) is 106 Å². The Morgan fingerprint density at radius 3 is 2.31 bits per heavy atom. The molecule has 0 aliphatic rings. The number of rotatable bonds is 7. The van der Waals surface area contributed by atoms with E-state index >= 15 is 0 Å². The molecule has 0 saturated heterocycles. The predicted molar refractivity (Wildman–Crippen MR) is 97.4 cm³/mol. The van der Waals surface area contributed by atoms with E-state index in [1.165, 1.54) is 25.3 Å². The van der Waals surface area contributed by atoms with Crippen LogP contribution in [0, 0.1) is 0 Å². The van der Waals surface area contributed by atoms with Gasteiger partial charge < -0.3 is 10.1 Å². The number of anilines is 2. The van der Waals surface area contributed by atoms with E-state index in [4.69, 9.17) is 4.74 Å². The number of sulfonamides is 1. The van der Waals surface area contributed by atoms with Crippen molar-refractivity contribution in [3.8, 4) is 5.75 Å². The van der Waals surface area contributed by atoms with Crippen LogP contribution < -0.4 is 14.8 Å². The molecule has 134 valence electrons. The third kappa shape index (κ3) is 4.45. The first kappa shape index (κ1) is 17.6. The zero-order chi connectivity index (χ0) is 18.4. The zero-order valence-electron chi connectivity index (χ0n) is 14.0. The quantitative estimate of drug-likeness (QED) is 0.656. The van der Waals surface area contributed by atoms with E-state index in [0.717, 1.165) is 5.69 Å². The molecule has 0 aliphatic heterocycles. The molecule has 9 heteroatoms. The SMILES string of the molecule is COc1ccc(S(=O)(=O)Nc2ccc(NCc3ccccn3)nn2)cc1. The van der Waals surface area contributed by atoms with Gasteiger partial charge in [-0.2, -0.15) is 0 Å². The number of aromatic nitrogens is 3. The molecule has 0 amide bonds. The van der Waals surface area contributed by atoms with Crippen LogP contribution in [0.3, 0.4) is 0 Å². The summed E-state index contributed by atoms with van der Waals surface area (Å²) in [6.07, 6.45) is 1.71. The van der Waals surface area contributed by atoms with Crippen molar-refractivity contribution < 1.29 is 13.2 Å². The minimum absolute atomic E-state index is 0.109. The van der Waals surface area contributed by atoms with Crippen LogP contribution in [0.25, 0.3) is 0 Å². The molecule has 0 fully saturated rings. The third-order valence-electron chi connectivity index (χ3n) is 3.45. The standard InChI is InChI=1S/C17H17N5O3S/c1-25-14-5-7-15(8-6-14)26(23,24)22-17-10-9-16(20-21-17)19-12-13-4-2-3-11-18-13/h2-11H,12H2,1H3,(H,19,20)(H,21,22). The van der Waals surface area contributed by atoms with E-state index in [2.05, 4.69) is 25.2 Å². The van der Waals surface area contributed by atoms with Crippen molar-refractivity contribution in [2.45, 2.75) is 11.4 Å². The second-order valence-corrected chi connectivity index (χ2v) is 6.94. The average molecular weight is 371 g/mol. The fraction of sp³-hybridized carbons (Fsp3) is 0.118. The molecule has 0 atom stereocenters. The molecule has 2 heterocycles. The number of benzene rings is 1. The van der Waals surface area contributed by atoms with Gasteiger partial charge in [-0.3, -0.25) is 9.71 Å². The van der Waals surface area contributed by atoms with Crippen LogP contribution in [0.15, 0.2) is 65.7 Å². The van der Waals surface area contributed by atoms with E-state index in [1.807, 2.05) is 18.2 Å². The first-order valence-corrected chi connectivity index (χ1v) is 9.19. The highest BCUT2D eigenvalue weighted by Gasteiger charge is 2.15. The van der Waals surface area contributed by atoms with Gasteiger partial charge in [-0.25, -0.2) is 8.42 Å². The number of nitrogens with one attached hydrogen (secondary N) is 2. The van der Waals surface area contributed by atoms with Crippen LogP contribution in [0.4, 0.5) is 11.6 Å². The Kier molecular flexibility index (Phi) is 5.28. The number of hydrogen-bond acceptors (Lipinski definition) is 7. The normalized spacial score (nSPS) is 11.0. The molecular formula is C17H17N5O3S. The number of hydrogen-bond donors (Lipinski definition) is 2. The van der Waals surface area contributed by atoms with Crippen LogP contribution in [0.2, 0.25) is 0 Å². The van der Waals surface area contributed by atoms with Gasteiger partial charge in [-0.15, -0.1) is 10.2 Å². The first-order chi connectivity index (χ1) is 12.6. The highest BCUT2D eigenvalue weighted by atomic mass is 32.2. The van der Waals surface area contributed by atoms with Gasteiger partial charge in [0, 0.05) is 6.20 Å². The largest absolute Gasteiger partial charge is 0.497 e. The number of pyridine rings is 1. The van der Waals surface area contributed by atoms with Crippen molar-refractivity contribution in [2.75, 3.05) is 17.1 Å². The van der Waals surface area contributed by atoms with Gasteiger partial charge in [-0.05, 0) is 48.5 Å². The summed E-state index contributed by atoms with van der Waals surface area (Å²) in [4.78, 5) is 4.30. The van der Waals surface area contributed by atoms with Gasteiger partial charge in [0.15, 0.2) is 5.82 Å². The highest BCUT2D eigenvalue weighted by molar-refractivity contribution is 7.92. The Balaban J connectivity index is 1.64. The summed E-state index contributed by atoms with van der Waals surface area (Å²) in [6.45, 7) is 0.493. The summed E-state index contributed by atoms with van der Waals surface area (Å²) < 4.78 is 32.1. The number of ether oxygens (including phenoxy) is 1. The molecule has 2 N–H and O–H groups in total. The van der Waals surface area contributed by atoms with Crippen molar-refractivity contribution >= 4 is 21.7 Å². The molecule has 0 bridgehead atoms. The number of nitrogens with zero attached hydrogens (tertiary/aromatic N) is 3. The van der Waals surface area contributed by atoms with E-state index in [9.17, 15) is 8.42 Å². The smallest absolute Gasteiger partial charge is 0.263 e. The highest BCUT2D eigenvalue weighted by Crippen LogP contribution is 2.18. The Hall–Kier alpha value is -3.20. The second-order valence-electron chi connectivity index (χ2n) is 5.26. The van der Waals surface area contributed by atoms with Crippen molar-refractivity contribution in [2.24, 2.45) is 0 Å². The van der Waals surface area contributed by atoms with E-state index in [-0.39, 0.29) is 10.7 Å². The molecule has 26 heavy (non-hydrogen) atoms. The minimum atomic E-state index is -3.74. The van der Waals surface area contributed by atoms with Crippen LogP contribution in [0.5, 0.6) is 5.75 Å². The van der Waals surface area contributed by atoms with Gasteiger partial charge >= 0.3 is 0 Å². The molecule has 3 rings (SSSR count). The predicted octanol–water partition coefficient (Wildman–Crippen LogP) is 2.29. The lowest BCUT2D eigenvalue weighted by molar-refractivity contribution is 0.414. The van der Waals surface area contributed by atoms with Crippen LogP contribution in [-0.4, -0.2) is 30.7 Å². The molecule has 8 nitrogen and oxygen atoms in total. The van der Waals surface area contributed by atoms with Gasteiger partial charge in [0.1, 0.15) is 11.6 Å². The third-order valence-corrected chi connectivity index (χ3v) is 4.82. The van der Waals surface area contributed by atoms with E-state index in [0.29, 0.717) is 18.1 Å². The lowest BCUT2D eigenvalue weighted by Crippen LogP contribution is -2.14. The molecule has 0 spiro atoms. The zero-order valence-corrected chi connectivity index (χ0v) is 14.8. The summed E-state index contributed by atoms with van der Waals surface area (Å²) in [5, 5.41) is 10.9. The lowest BCUT2D eigenvalue weighted by Gasteiger charge is -2.08. The Morgan fingerprint density at radius 1 is 0.962 bits per heavy atom. The molecule has 2 aromatic heterocycles. The fourth-order valence-corrected chi connectivity index (χ4v) is 3.11. The van der Waals surface area contributed by atoms with Crippen molar-refractivity contribution in [1.29, 1.82) is 0 Å². The van der Waals surface area contributed by atoms with Crippen LogP contribution >= 0.6 is 0 Å². The monoisotopic (exact) mass is 371 g/mol. The Morgan fingerprint density at radius 2 is 1.69 bits per heavy atom. The van der Waals surface area contributed by atoms with E-state index in [1.54, 1.807) is 24.4 Å². The lowest BCUT2D eigenvalue weighted by atomic mass is 10.3. The van der Waals surface area contributed by atoms with Gasteiger partial charge in [0.25, 0.3) is 10.0 Å². The van der Waals surface area contributed by atoms with Crippen molar-refractivity contribution in [3.05, 3.63) is 66.5 Å². The Bertz CT molecular complexity index is 946. The Labute approximate surface area is 151 Å². The maximum Gasteiger partial charge on any atom is 0.263 e. The van der Waals surface area contributed by atoms with Crippen molar-refractivity contribution in [3.63, 3.8) is 0 Å². The molecule has 0 unspecified atom stereocenters. The maximum absolute atomic E-state index is 12.4. The molecule has 0 saturated carbocycles. The summed E-state index contributed by atoms with van der Waals surface area (Å²) >= 11 is 0. The molecule has 1 aromatic carbocycles. The summed E-state index contributed by atoms with van der Waals surface area (Å²) in [7, 11) is -2.23. The summed E-state index contributed by atoms with van der Waals surface area (Å²) in [5.74, 6) is 1.22. The number of methoxy groups -OCH3 is 1.